The Balaban J connectivity index is 2.33. The molecule has 0 saturated heterocycles. The second-order valence-electron chi connectivity index (χ2n) is 4.38. The van der Waals surface area contributed by atoms with Crippen LogP contribution in [0, 0.1) is 5.92 Å². The first-order chi connectivity index (χ1) is 7.74. The van der Waals surface area contributed by atoms with Gasteiger partial charge in [-0.2, -0.15) is 0 Å². The van der Waals surface area contributed by atoms with Crippen molar-refractivity contribution in [1.29, 1.82) is 0 Å². The van der Waals surface area contributed by atoms with Crippen LogP contribution in [0.25, 0.3) is 0 Å². The molecule has 0 heterocycles. The molecule has 0 atom stereocenters. The van der Waals surface area contributed by atoms with Crippen LogP contribution in [0.15, 0.2) is 30.3 Å². The van der Waals surface area contributed by atoms with Crippen LogP contribution in [0.1, 0.15) is 20.8 Å². The summed E-state index contributed by atoms with van der Waals surface area (Å²) in [5, 5.41) is 0. The Morgan fingerprint density at radius 2 is 1.88 bits per heavy atom. The van der Waals surface area contributed by atoms with Gasteiger partial charge >= 0.3 is 0 Å². The van der Waals surface area contributed by atoms with Crippen LogP contribution in [-0.4, -0.2) is 26.3 Å². The molecule has 90 valence electrons. The number of anilines is 1. The molecule has 0 aliphatic heterocycles. The van der Waals surface area contributed by atoms with E-state index >= 15 is 0 Å². The van der Waals surface area contributed by atoms with Gasteiger partial charge in [-0.25, -0.2) is 0 Å². The number of nitrogens with zero attached hydrogens (tertiary/aromatic N) is 1. The Morgan fingerprint density at radius 3 is 2.44 bits per heavy atom. The standard InChI is InChI=1S/C14H23NO/c1-4-15(10-11-16-12-13(2)3)14-8-6-5-7-9-14/h5-9,13H,4,10-12H2,1-3H3. The van der Waals surface area contributed by atoms with E-state index in [9.17, 15) is 0 Å². The number of para-hydroxylation sites is 1. The van der Waals surface area contributed by atoms with E-state index in [1.807, 2.05) is 6.07 Å². The predicted octanol–water partition coefficient (Wildman–Crippen LogP) is 3.19. The van der Waals surface area contributed by atoms with Gasteiger partial charge in [0, 0.05) is 25.4 Å². The fourth-order valence-electron chi connectivity index (χ4n) is 1.60. The highest BCUT2D eigenvalue weighted by Gasteiger charge is 2.03. The maximum absolute atomic E-state index is 5.61. The van der Waals surface area contributed by atoms with Gasteiger partial charge in [0.1, 0.15) is 0 Å². The molecule has 16 heavy (non-hydrogen) atoms. The van der Waals surface area contributed by atoms with Crippen LogP contribution in [0.5, 0.6) is 0 Å². The van der Waals surface area contributed by atoms with E-state index in [-0.39, 0.29) is 0 Å². The van der Waals surface area contributed by atoms with E-state index < -0.39 is 0 Å². The summed E-state index contributed by atoms with van der Waals surface area (Å²) in [6.07, 6.45) is 0. The van der Waals surface area contributed by atoms with Gasteiger partial charge < -0.3 is 9.64 Å². The summed E-state index contributed by atoms with van der Waals surface area (Å²) >= 11 is 0. The van der Waals surface area contributed by atoms with Gasteiger partial charge in [0.05, 0.1) is 6.61 Å². The molecule has 0 spiro atoms. The number of hydrogen-bond acceptors (Lipinski definition) is 2. The zero-order valence-corrected chi connectivity index (χ0v) is 10.6. The van der Waals surface area contributed by atoms with Gasteiger partial charge in [-0.3, -0.25) is 0 Å². The fraction of sp³-hybridized carbons (Fsp3) is 0.571. The average molecular weight is 221 g/mol. The number of likely N-dealkylation sites (N-methyl/N-ethyl adjacent to an activating group) is 1. The SMILES string of the molecule is CCN(CCOCC(C)C)c1ccccc1. The van der Waals surface area contributed by atoms with Gasteiger partial charge in [-0.1, -0.05) is 32.0 Å². The van der Waals surface area contributed by atoms with E-state index in [1.165, 1.54) is 5.69 Å². The topological polar surface area (TPSA) is 12.5 Å². The zero-order chi connectivity index (χ0) is 11.8. The monoisotopic (exact) mass is 221 g/mol. The van der Waals surface area contributed by atoms with Gasteiger partial charge in [0.15, 0.2) is 0 Å². The quantitative estimate of drug-likeness (QED) is 0.656. The number of rotatable bonds is 7. The number of ether oxygens (including phenoxy) is 1. The third-order valence-corrected chi connectivity index (χ3v) is 2.46. The Kier molecular flexibility index (Phi) is 5.94. The van der Waals surface area contributed by atoms with Gasteiger partial charge in [-0.15, -0.1) is 0 Å². The molecule has 1 aromatic carbocycles. The Labute approximate surface area is 99.2 Å². The molecule has 0 radical (unpaired) electrons. The van der Waals surface area contributed by atoms with E-state index in [0.717, 1.165) is 26.3 Å². The number of benzene rings is 1. The van der Waals surface area contributed by atoms with Crippen molar-refractivity contribution in [3.05, 3.63) is 30.3 Å². The van der Waals surface area contributed by atoms with Crippen LogP contribution in [-0.2, 0) is 4.74 Å². The van der Waals surface area contributed by atoms with E-state index in [4.69, 9.17) is 4.74 Å². The van der Waals surface area contributed by atoms with Crippen LogP contribution in [0.2, 0.25) is 0 Å². The Bertz CT molecular complexity index is 271. The highest BCUT2D eigenvalue weighted by Crippen LogP contribution is 2.12. The second kappa shape index (κ2) is 7.29. The lowest BCUT2D eigenvalue weighted by molar-refractivity contribution is 0.115. The summed E-state index contributed by atoms with van der Waals surface area (Å²) in [6.45, 7) is 10.2. The van der Waals surface area contributed by atoms with Gasteiger partial charge in [0.2, 0.25) is 0 Å². The van der Waals surface area contributed by atoms with E-state index in [2.05, 4.69) is 49.9 Å². The minimum absolute atomic E-state index is 0.617. The zero-order valence-electron chi connectivity index (χ0n) is 10.6. The summed E-state index contributed by atoms with van der Waals surface area (Å²) in [5.74, 6) is 0.617. The van der Waals surface area contributed by atoms with Crippen molar-refractivity contribution in [2.45, 2.75) is 20.8 Å². The third-order valence-electron chi connectivity index (χ3n) is 2.46. The average Bonchev–Trinajstić information content (AvgIpc) is 2.30. The van der Waals surface area contributed by atoms with Crippen LogP contribution >= 0.6 is 0 Å². The molecule has 1 rings (SSSR count). The van der Waals surface area contributed by atoms with Crippen molar-refractivity contribution in [3.8, 4) is 0 Å². The Hall–Kier alpha value is -1.02. The Morgan fingerprint density at radius 1 is 1.19 bits per heavy atom. The summed E-state index contributed by atoms with van der Waals surface area (Å²) in [4.78, 5) is 2.33. The smallest absolute Gasteiger partial charge is 0.0641 e. The largest absolute Gasteiger partial charge is 0.379 e. The minimum atomic E-state index is 0.617. The molecule has 0 unspecified atom stereocenters. The molecule has 0 N–H and O–H groups in total. The summed E-state index contributed by atoms with van der Waals surface area (Å²) < 4.78 is 5.61. The molecule has 0 bridgehead atoms. The molecular weight excluding hydrogens is 198 g/mol. The molecule has 2 nitrogen and oxygen atoms in total. The highest BCUT2D eigenvalue weighted by molar-refractivity contribution is 5.45. The van der Waals surface area contributed by atoms with E-state index in [0.29, 0.717) is 5.92 Å². The van der Waals surface area contributed by atoms with Crippen molar-refractivity contribution < 1.29 is 4.74 Å². The molecule has 0 saturated carbocycles. The molecule has 0 fully saturated rings. The lowest BCUT2D eigenvalue weighted by atomic mass is 10.2. The third kappa shape index (κ3) is 4.67. The lowest BCUT2D eigenvalue weighted by Crippen LogP contribution is -2.27. The molecule has 0 amide bonds. The van der Waals surface area contributed by atoms with Crippen molar-refractivity contribution in [2.75, 3.05) is 31.2 Å². The molecule has 0 aliphatic rings. The first kappa shape index (κ1) is 13.0. The van der Waals surface area contributed by atoms with Crippen LogP contribution in [0.4, 0.5) is 5.69 Å². The minimum Gasteiger partial charge on any atom is -0.379 e. The molecule has 0 aromatic heterocycles. The summed E-state index contributed by atoms with van der Waals surface area (Å²) in [7, 11) is 0. The normalized spacial score (nSPS) is 10.8. The maximum atomic E-state index is 5.61. The van der Waals surface area contributed by atoms with Crippen molar-refractivity contribution in [2.24, 2.45) is 5.92 Å². The fourth-order valence-corrected chi connectivity index (χ4v) is 1.60. The number of hydrogen-bond donors (Lipinski definition) is 0. The van der Waals surface area contributed by atoms with Gasteiger partial charge in [-0.05, 0) is 25.0 Å². The molecule has 0 aliphatic carbocycles. The van der Waals surface area contributed by atoms with Crippen molar-refractivity contribution >= 4 is 5.69 Å². The van der Waals surface area contributed by atoms with Crippen molar-refractivity contribution in [1.82, 2.24) is 0 Å². The van der Waals surface area contributed by atoms with E-state index in [1.54, 1.807) is 0 Å². The first-order valence-corrected chi connectivity index (χ1v) is 6.11. The van der Waals surface area contributed by atoms with Gasteiger partial charge in [0.25, 0.3) is 0 Å². The summed E-state index contributed by atoms with van der Waals surface area (Å²) in [5.41, 5.74) is 1.28. The lowest BCUT2D eigenvalue weighted by Gasteiger charge is -2.23. The maximum Gasteiger partial charge on any atom is 0.0641 e. The molecule has 2 heteroatoms. The highest BCUT2D eigenvalue weighted by atomic mass is 16.5. The predicted molar refractivity (Wildman–Crippen MR) is 70.0 cm³/mol. The van der Waals surface area contributed by atoms with Crippen LogP contribution in [0.3, 0.4) is 0 Å². The molecule has 1 aromatic rings. The van der Waals surface area contributed by atoms with Crippen molar-refractivity contribution in [3.63, 3.8) is 0 Å². The second-order valence-corrected chi connectivity index (χ2v) is 4.38. The first-order valence-electron chi connectivity index (χ1n) is 6.11. The molecular formula is C14H23NO. The van der Waals surface area contributed by atoms with Crippen LogP contribution < -0.4 is 4.90 Å². The summed E-state index contributed by atoms with van der Waals surface area (Å²) in [6, 6.07) is 10.5.